The molecule has 0 bridgehead atoms. The summed E-state index contributed by atoms with van der Waals surface area (Å²) in [4.78, 5) is 0. The van der Waals surface area contributed by atoms with Gasteiger partial charge < -0.3 is 0 Å². The van der Waals surface area contributed by atoms with Gasteiger partial charge in [-0.15, -0.1) is 0 Å². The number of hydrogen-bond donors (Lipinski definition) is 0. The Kier molecular flexibility index (Phi) is 25.9. The Bertz CT molecular complexity index is 86.6. The van der Waals surface area contributed by atoms with Gasteiger partial charge in [0.25, 0.3) is 0 Å². The van der Waals surface area contributed by atoms with Gasteiger partial charge in [-0.05, 0) is 0 Å². The van der Waals surface area contributed by atoms with Crippen LogP contribution < -0.4 is 0 Å². The number of rotatable bonds is 2. The summed E-state index contributed by atoms with van der Waals surface area (Å²) in [5, 5.41) is 0. The average Bonchev–Trinajstić information content (AvgIpc) is 1.71. The summed E-state index contributed by atoms with van der Waals surface area (Å²) in [5.74, 6) is 0. The minimum atomic E-state index is -2.42. The van der Waals surface area contributed by atoms with Crippen LogP contribution in [-0.4, -0.2) is 0 Å². The van der Waals surface area contributed by atoms with Crippen LogP contribution in [0.5, 0.6) is 0 Å². The third-order valence-corrected chi connectivity index (χ3v) is 3.89. The molecular weight excluding hydrogens is 436 g/mol. The molecule has 0 unspecified atom stereocenters. The zero-order valence-corrected chi connectivity index (χ0v) is 13.0. The Balaban J connectivity index is 0. The molecule has 0 aromatic rings. The van der Waals surface area contributed by atoms with Crippen molar-refractivity contribution in [1.29, 1.82) is 0 Å². The fourth-order valence-electron chi connectivity index (χ4n) is 0.0227. The van der Waals surface area contributed by atoms with Gasteiger partial charge in [0.05, 0.1) is 0 Å². The maximum atomic E-state index is 9.35. The van der Waals surface area contributed by atoms with E-state index in [4.69, 9.17) is 5.71 Å². The molecule has 0 rings (SSSR count). The van der Waals surface area contributed by atoms with Crippen molar-refractivity contribution in [3.8, 4) is 0 Å². The van der Waals surface area contributed by atoms with Crippen molar-refractivity contribution in [3.05, 3.63) is 0 Å². The SMILES string of the molecule is [O]=[Hf]=[O].[O]=[Y][O][Y]=[O]. The van der Waals surface area contributed by atoms with E-state index in [1.807, 2.05) is 0 Å². The van der Waals surface area contributed by atoms with Crippen molar-refractivity contribution >= 4 is 0 Å². The molecule has 0 aromatic heterocycles. The molecule has 0 atom stereocenters. The number of hydrogen-bond acceptors (Lipinski definition) is 5. The van der Waals surface area contributed by atoms with Crippen LogP contribution in [0.3, 0.4) is 0 Å². The van der Waals surface area contributed by atoms with E-state index in [-0.39, 0.29) is 0 Å². The summed E-state index contributed by atoms with van der Waals surface area (Å²) in [7, 11) is 0. The van der Waals surface area contributed by atoms with E-state index in [9.17, 15) is 4.09 Å². The van der Waals surface area contributed by atoms with E-state index < -0.39 is 82.4 Å². The van der Waals surface area contributed by atoms with Crippen LogP contribution in [0.15, 0.2) is 0 Å². The first-order valence-corrected chi connectivity index (χ1v) is 8.92. The van der Waals surface area contributed by atoms with Gasteiger partial charge >= 0.3 is 91.6 Å². The minimum absolute atomic E-state index is 1.91. The van der Waals surface area contributed by atoms with Crippen molar-refractivity contribution in [2.75, 3.05) is 0 Å². The molecule has 40 valence electrons. The van der Waals surface area contributed by atoms with E-state index in [2.05, 4.69) is -0.634 Å². The molecule has 0 saturated carbocycles. The van der Waals surface area contributed by atoms with Crippen LogP contribution in [0.2, 0.25) is 0 Å². The molecule has 0 radical (unpaired) electrons. The average molecular weight is 436 g/mol. The topological polar surface area (TPSA) is 77.5 Å². The predicted octanol–water partition coefficient (Wildman–Crippen LogP) is -0.551. The van der Waals surface area contributed by atoms with Crippen molar-refractivity contribution in [2.24, 2.45) is 0 Å². The van der Waals surface area contributed by atoms with Gasteiger partial charge in [0.15, 0.2) is 0 Å². The molecule has 0 amide bonds. The zero-order valence-electron chi connectivity index (χ0n) is 3.70. The van der Waals surface area contributed by atoms with E-state index in [1.54, 1.807) is 0 Å². The van der Waals surface area contributed by atoms with Crippen LogP contribution in [0.4, 0.5) is 0 Å². The summed E-state index contributed by atoms with van der Waals surface area (Å²) >= 11 is -6.23. The molecule has 0 aliphatic carbocycles. The van der Waals surface area contributed by atoms with Gasteiger partial charge in [0.1, 0.15) is 0 Å². The van der Waals surface area contributed by atoms with Crippen molar-refractivity contribution in [1.82, 2.24) is 0 Å². The molecule has 0 aliphatic rings. The van der Waals surface area contributed by atoms with Crippen LogP contribution in [0.1, 0.15) is 0 Å². The molecule has 8 heavy (non-hydrogen) atoms. The summed E-state index contributed by atoms with van der Waals surface area (Å²) in [6, 6.07) is 0. The third-order valence-electron chi connectivity index (χ3n) is 0.111. The summed E-state index contributed by atoms with van der Waals surface area (Å²) in [6.45, 7) is 0. The first-order valence-electron chi connectivity index (χ1n) is 1.35. The first-order chi connectivity index (χ1) is 3.83. The Labute approximate surface area is 89.4 Å². The summed E-state index contributed by atoms with van der Waals surface area (Å²) in [5.41, 5.74) is 0. The third kappa shape index (κ3) is 24.0. The first kappa shape index (κ1) is 12.9. The van der Waals surface area contributed by atoms with Crippen molar-refractivity contribution in [3.63, 3.8) is 0 Å². The van der Waals surface area contributed by atoms with Crippen LogP contribution >= 0.6 is 0 Å². The van der Waals surface area contributed by atoms with Gasteiger partial charge in [-0.1, -0.05) is 0 Å². The Morgan fingerprint density at radius 3 is 1.38 bits per heavy atom. The van der Waals surface area contributed by atoms with E-state index in [1.165, 1.54) is 0 Å². The van der Waals surface area contributed by atoms with Gasteiger partial charge in [0.2, 0.25) is 0 Å². The van der Waals surface area contributed by atoms with Gasteiger partial charge in [-0.2, -0.15) is 0 Å². The van der Waals surface area contributed by atoms with Crippen LogP contribution in [0, 0.1) is 0 Å². The van der Waals surface area contributed by atoms with E-state index >= 15 is 0 Å². The Hall–Kier alpha value is 2.24. The normalized spacial score (nSPS) is 4.00. The zero-order chi connectivity index (χ0) is 6.83. The van der Waals surface area contributed by atoms with Gasteiger partial charge in [-0.3, -0.25) is 0 Å². The molecule has 0 saturated heterocycles. The van der Waals surface area contributed by atoms with Gasteiger partial charge in [-0.25, -0.2) is 0 Å². The monoisotopic (exact) mass is 438 g/mol. The summed E-state index contributed by atoms with van der Waals surface area (Å²) in [6.07, 6.45) is 0. The molecule has 5 nitrogen and oxygen atoms in total. The molecule has 0 spiro atoms. The van der Waals surface area contributed by atoms with E-state index in [0.29, 0.717) is 0 Å². The van der Waals surface area contributed by atoms with Crippen molar-refractivity contribution < 1.29 is 91.6 Å². The standard InChI is InChI=1S/Hf.5O.2Y. The molecule has 0 aliphatic heterocycles. The second-order valence-electron chi connectivity index (χ2n) is 0.412. The second kappa shape index (κ2) is 16.1. The molecule has 0 heterocycles. The van der Waals surface area contributed by atoms with Gasteiger partial charge in [0, 0.05) is 0 Å². The molecule has 0 aromatic carbocycles. The van der Waals surface area contributed by atoms with E-state index in [0.717, 1.165) is 0 Å². The van der Waals surface area contributed by atoms with Crippen molar-refractivity contribution in [2.45, 2.75) is 0 Å². The Morgan fingerprint density at radius 1 is 1.12 bits per heavy atom. The van der Waals surface area contributed by atoms with Crippen LogP contribution in [0.25, 0.3) is 0 Å². The molecule has 0 fully saturated rings. The quantitative estimate of drug-likeness (QED) is 0.543. The fraction of sp³-hybridized carbons (Fsp3) is 0. The molecule has 0 N–H and O–H groups in total. The molecular formula is HfO5Y2. The fourth-order valence-corrected chi connectivity index (χ4v) is 0.794. The summed E-state index contributed by atoms with van der Waals surface area (Å²) < 4.78 is 39.9. The molecule has 8 heteroatoms. The van der Waals surface area contributed by atoms with Crippen LogP contribution in [-0.2, 0) is 91.6 Å². The predicted molar refractivity (Wildman–Crippen MR) is 3.83 cm³/mol. The Morgan fingerprint density at radius 2 is 1.38 bits per heavy atom. The maximum absolute atomic E-state index is 9.35. The second-order valence-corrected chi connectivity index (χ2v) is 6.58.